The summed E-state index contributed by atoms with van der Waals surface area (Å²) in [6, 6.07) is 0. The first-order valence-electron chi connectivity index (χ1n) is 6.75. The fourth-order valence-corrected chi connectivity index (χ4v) is 3.55. The second kappa shape index (κ2) is 4.64. The highest BCUT2D eigenvalue weighted by molar-refractivity contribution is 6.73. The van der Waals surface area contributed by atoms with Gasteiger partial charge in [0.1, 0.15) is 0 Å². The molecule has 2 bridgehead atoms. The van der Waals surface area contributed by atoms with Gasteiger partial charge in [-0.05, 0) is 38.0 Å². The first-order valence-corrected chi connectivity index (χ1v) is 6.75. The van der Waals surface area contributed by atoms with Gasteiger partial charge < -0.3 is 4.74 Å². The minimum atomic E-state index is -0.789. The molecule has 4 unspecified atom stereocenters. The van der Waals surface area contributed by atoms with Crippen LogP contribution in [0.15, 0.2) is 0 Å². The van der Waals surface area contributed by atoms with Crippen LogP contribution in [0.1, 0.15) is 46.5 Å². The van der Waals surface area contributed by atoms with Crippen molar-refractivity contribution in [3.63, 3.8) is 0 Å². The van der Waals surface area contributed by atoms with Gasteiger partial charge in [0.15, 0.2) is 5.72 Å². The smallest absolute Gasteiger partial charge is 0.264 e. The van der Waals surface area contributed by atoms with Crippen molar-refractivity contribution in [2.24, 2.45) is 23.5 Å². The molecule has 2 fully saturated rings. The molecule has 3 nitrogen and oxygen atoms in total. The molecule has 0 aromatic carbocycles. The molecular formula is C13H23BNO2. The molecule has 2 N–H and O–H groups in total. The van der Waals surface area contributed by atoms with Gasteiger partial charge in [-0.2, -0.15) is 0 Å². The van der Waals surface area contributed by atoms with Crippen molar-refractivity contribution in [1.29, 1.82) is 0 Å². The Morgan fingerprint density at radius 2 is 2.12 bits per heavy atom. The highest BCUT2D eigenvalue weighted by atomic mass is 16.6. The molecule has 2 aliphatic carbocycles. The van der Waals surface area contributed by atoms with Crippen LogP contribution in [0.4, 0.5) is 4.79 Å². The summed E-state index contributed by atoms with van der Waals surface area (Å²) in [5, 5.41) is 0. The van der Waals surface area contributed by atoms with E-state index in [0.29, 0.717) is 11.8 Å². The molecule has 4 heteroatoms. The lowest BCUT2D eigenvalue weighted by Crippen LogP contribution is -2.50. The molecular weight excluding hydrogens is 213 g/mol. The predicted molar refractivity (Wildman–Crippen MR) is 68.9 cm³/mol. The van der Waals surface area contributed by atoms with Crippen LogP contribution in [0, 0.1) is 17.8 Å². The molecule has 0 spiro atoms. The average molecular weight is 236 g/mol. The zero-order chi connectivity index (χ0) is 12.6. The molecule has 95 valence electrons. The van der Waals surface area contributed by atoms with E-state index in [1.807, 2.05) is 20.8 Å². The van der Waals surface area contributed by atoms with Crippen LogP contribution in [0.2, 0.25) is 5.82 Å². The minimum absolute atomic E-state index is 0.207. The van der Waals surface area contributed by atoms with Crippen molar-refractivity contribution >= 4 is 13.1 Å². The van der Waals surface area contributed by atoms with Gasteiger partial charge in [0.2, 0.25) is 5.87 Å². The number of hydrogen-bond donors (Lipinski definition) is 1. The van der Waals surface area contributed by atoms with Crippen molar-refractivity contribution in [2.75, 3.05) is 0 Å². The monoisotopic (exact) mass is 236 g/mol. The van der Waals surface area contributed by atoms with Crippen molar-refractivity contribution in [1.82, 2.24) is 0 Å². The van der Waals surface area contributed by atoms with Crippen LogP contribution >= 0.6 is 0 Å². The van der Waals surface area contributed by atoms with Crippen LogP contribution in [-0.4, -0.2) is 18.9 Å². The topological polar surface area (TPSA) is 52.3 Å². The number of ether oxygens (including phenoxy) is 1. The molecule has 0 aromatic heterocycles. The fourth-order valence-electron chi connectivity index (χ4n) is 3.55. The van der Waals surface area contributed by atoms with Gasteiger partial charge >= 0.3 is 0 Å². The Hall–Kier alpha value is -0.505. The molecule has 1 radical (unpaired) electrons. The van der Waals surface area contributed by atoms with E-state index >= 15 is 0 Å². The van der Waals surface area contributed by atoms with Crippen molar-refractivity contribution in [3.8, 4) is 0 Å². The number of carbonyl (C=O) groups is 1. The standard InChI is InChI=1S/C13H23BNO2/c1-8(2)14-12(16)17-13(3,15)11-7-9-4-5-10(11)6-9/h8-11H,4-7,15H2,1-3H3. The van der Waals surface area contributed by atoms with Crippen LogP contribution < -0.4 is 5.73 Å². The summed E-state index contributed by atoms with van der Waals surface area (Å²) in [4.78, 5) is 11.7. The number of rotatable bonds is 4. The van der Waals surface area contributed by atoms with Crippen molar-refractivity contribution in [3.05, 3.63) is 0 Å². The van der Waals surface area contributed by atoms with Gasteiger partial charge in [0.25, 0.3) is 7.28 Å². The van der Waals surface area contributed by atoms with Gasteiger partial charge in [-0.3, -0.25) is 10.5 Å². The van der Waals surface area contributed by atoms with Crippen LogP contribution in [0.25, 0.3) is 0 Å². The first-order chi connectivity index (χ1) is 7.88. The van der Waals surface area contributed by atoms with E-state index in [1.54, 1.807) is 7.28 Å². The lowest BCUT2D eigenvalue weighted by Gasteiger charge is -2.36. The predicted octanol–water partition coefficient (Wildman–Crippen LogP) is 2.77. The first kappa shape index (κ1) is 12.9. The van der Waals surface area contributed by atoms with Gasteiger partial charge in [0, 0.05) is 5.92 Å². The molecule has 17 heavy (non-hydrogen) atoms. The minimum Gasteiger partial charge on any atom is -0.453 e. The van der Waals surface area contributed by atoms with Crippen LogP contribution in [0.5, 0.6) is 0 Å². The van der Waals surface area contributed by atoms with Gasteiger partial charge in [0.05, 0.1) is 0 Å². The highest BCUT2D eigenvalue weighted by Crippen LogP contribution is 2.51. The second-order valence-electron chi connectivity index (χ2n) is 6.30. The third-order valence-electron chi connectivity index (χ3n) is 4.26. The fraction of sp³-hybridized carbons (Fsp3) is 0.923. The molecule has 2 aliphatic rings. The molecule has 0 aliphatic heterocycles. The Labute approximate surface area is 105 Å². The number of hydrogen-bond acceptors (Lipinski definition) is 3. The average Bonchev–Trinajstić information content (AvgIpc) is 2.75. The Bertz CT molecular complexity index is 304. The molecule has 2 saturated carbocycles. The summed E-state index contributed by atoms with van der Waals surface area (Å²) in [6.07, 6.45) is 5.01. The maximum Gasteiger partial charge on any atom is 0.264 e. The van der Waals surface area contributed by atoms with Gasteiger partial charge in [-0.25, -0.2) is 0 Å². The van der Waals surface area contributed by atoms with E-state index in [1.165, 1.54) is 19.3 Å². The third-order valence-corrected chi connectivity index (χ3v) is 4.26. The van der Waals surface area contributed by atoms with Gasteiger partial charge in [-0.1, -0.05) is 26.1 Å². The zero-order valence-corrected chi connectivity index (χ0v) is 11.1. The SMILES string of the molecule is CC(C)[B]C(=O)OC(C)(N)C1CC2CCC1C2. The molecule has 0 heterocycles. The second-order valence-corrected chi connectivity index (χ2v) is 6.30. The Balaban J connectivity index is 1.92. The van der Waals surface area contributed by atoms with Gasteiger partial charge in [-0.15, -0.1) is 0 Å². The van der Waals surface area contributed by atoms with E-state index in [0.717, 1.165) is 12.3 Å². The summed E-state index contributed by atoms with van der Waals surface area (Å²) >= 11 is 0. The van der Waals surface area contributed by atoms with Crippen molar-refractivity contribution in [2.45, 2.75) is 58.0 Å². The maximum absolute atomic E-state index is 11.7. The number of carbonyl (C=O) groups excluding carboxylic acids is 1. The summed E-state index contributed by atoms with van der Waals surface area (Å²) < 4.78 is 5.47. The largest absolute Gasteiger partial charge is 0.453 e. The quantitative estimate of drug-likeness (QED) is 0.603. The lowest BCUT2D eigenvalue weighted by molar-refractivity contribution is -0.0238. The number of nitrogens with two attached hydrogens (primary N) is 1. The molecule has 2 rings (SSSR count). The lowest BCUT2D eigenvalue weighted by atomic mass is 9.66. The molecule has 0 amide bonds. The Morgan fingerprint density at radius 3 is 2.59 bits per heavy atom. The summed E-state index contributed by atoms with van der Waals surface area (Å²) in [6.45, 7) is 5.80. The molecule has 4 atom stereocenters. The molecule has 0 aromatic rings. The summed E-state index contributed by atoms with van der Waals surface area (Å²) in [5.41, 5.74) is 5.43. The van der Waals surface area contributed by atoms with Crippen molar-refractivity contribution < 1.29 is 9.53 Å². The normalized spacial score (nSPS) is 34.8. The van der Waals surface area contributed by atoms with E-state index in [4.69, 9.17) is 10.5 Å². The summed E-state index contributed by atoms with van der Waals surface area (Å²) in [7, 11) is 1.60. The van der Waals surface area contributed by atoms with E-state index in [9.17, 15) is 4.79 Å². The maximum atomic E-state index is 11.7. The van der Waals surface area contributed by atoms with Crippen LogP contribution in [0.3, 0.4) is 0 Å². The Kier molecular flexibility index (Phi) is 3.53. The van der Waals surface area contributed by atoms with E-state index in [2.05, 4.69) is 0 Å². The van der Waals surface area contributed by atoms with E-state index < -0.39 is 5.72 Å². The zero-order valence-electron chi connectivity index (χ0n) is 11.1. The van der Waals surface area contributed by atoms with Crippen LogP contribution in [-0.2, 0) is 4.74 Å². The number of fused-ring (bicyclic) bond motifs is 2. The molecule has 0 saturated heterocycles. The Morgan fingerprint density at radius 1 is 1.41 bits per heavy atom. The van der Waals surface area contributed by atoms with E-state index in [-0.39, 0.29) is 11.7 Å². The third kappa shape index (κ3) is 2.84. The highest BCUT2D eigenvalue weighted by Gasteiger charge is 2.48. The summed E-state index contributed by atoms with van der Waals surface area (Å²) in [5.74, 6) is 1.78.